The van der Waals surface area contributed by atoms with Gasteiger partial charge in [-0.3, -0.25) is 9.59 Å². The number of aliphatic hydroxyl groups is 1. The van der Waals surface area contributed by atoms with Crippen LogP contribution in [0.5, 0.6) is 0 Å². The highest BCUT2D eigenvalue weighted by Gasteiger charge is 2.45. The van der Waals surface area contributed by atoms with Gasteiger partial charge in [0.05, 0.1) is 6.61 Å². The number of primary amides is 1. The Kier molecular flexibility index (Phi) is 4.45. The maximum absolute atomic E-state index is 12.2. The lowest BCUT2D eigenvalue weighted by Crippen LogP contribution is -2.48. The third-order valence-electron chi connectivity index (χ3n) is 4.64. The predicted molar refractivity (Wildman–Crippen MR) is 71.2 cm³/mol. The first-order valence-corrected chi connectivity index (χ1v) is 7.28. The molecule has 1 atom stereocenters. The summed E-state index contributed by atoms with van der Waals surface area (Å²) in [5, 5.41) is 9.27. The molecule has 2 rings (SSSR count). The number of hydrogen-bond acceptors (Lipinski definition) is 3. The van der Waals surface area contributed by atoms with Crippen LogP contribution in [0, 0.1) is 5.41 Å². The van der Waals surface area contributed by atoms with Crippen LogP contribution >= 0.6 is 0 Å². The number of aliphatic hydroxyl groups excluding tert-OH is 1. The molecule has 3 N–H and O–H groups in total. The van der Waals surface area contributed by atoms with Crippen LogP contribution in [0.2, 0.25) is 0 Å². The van der Waals surface area contributed by atoms with Crippen LogP contribution in [-0.2, 0) is 9.59 Å². The minimum absolute atomic E-state index is 0.0143. The second kappa shape index (κ2) is 5.90. The van der Waals surface area contributed by atoms with Crippen LogP contribution in [-0.4, -0.2) is 41.0 Å². The molecule has 0 radical (unpaired) electrons. The molecule has 0 unspecified atom stereocenters. The van der Waals surface area contributed by atoms with Crippen molar-refractivity contribution in [3.8, 4) is 0 Å². The Morgan fingerprint density at radius 1 is 1.26 bits per heavy atom. The molecule has 1 aliphatic heterocycles. The third kappa shape index (κ3) is 3.08. The lowest BCUT2D eigenvalue weighted by atomic mass is 9.75. The standard InChI is InChI=1S/C14H24N2O3/c15-13(19)11(9-17)16-10-14(8-12(16)18)6-4-2-1-3-5-7-14/h11,17H,1-10H2,(H2,15,19)/t11-/m0/s1. The van der Waals surface area contributed by atoms with Gasteiger partial charge in [0.15, 0.2) is 0 Å². The highest BCUT2D eigenvalue weighted by Crippen LogP contribution is 2.43. The molecule has 19 heavy (non-hydrogen) atoms. The topological polar surface area (TPSA) is 83.6 Å². The van der Waals surface area contributed by atoms with Crippen molar-refractivity contribution >= 4 is 11.8 Å². The minimum Gasteiger partial charge on any atom is -0.394 e. The zero-order chi connectivity index (χ0) is 13.9. The molecule has 1 saturated heterocycles. The highest BCUT2D eigenvalue weighted by atomic mass is 16.3. The van der Waals surface area contributed by atoms with E-state index in [1.807, 2.05) is 0 Å². The van der Waals surface area contributed by atoms with Crippen LogP contribution in [0.3, 0.4) is 0 Å². The normalized spacial score (nSPS) is 25.1. The molecule has 2 fully saturated rings. The van der Waals surface area contributed by atoms with E-state index in [9.17, 15) is 14.7 Å². The monoisotopic (exact) mass is 268 g/mol. The molecule has 5 nitrogen and oxygen atoms in total. The van der Waals surface area contributed by atoms with Gasteiger partial charge in [0, 0.05) is 13.0 Å². The molecule has 0 aromatic heterocycles. The van der Waals surface area contributed by atoms with E-state index in [0.29, 0.717) is 13.0 Å². The number of carbonyl (C=O) groups excluding carboxylic acids is 2. The summed E-state index contributed by atoms with van der Waals surface area (Å²) in [6, 6.07) is -0.850. The molecule has 108 valence electrons. The van der Waals surface area contributed by atoms with E-state index in [1.54, 1.807) is 0 Å². The van der Waals surface area contributed by atoms with Gasteiger partial charge >= 0.3 is 0 Å². The van der Waals surface area contributed by atoms with Gasteiger partial charge in [-0.25, -0.2) is 0 Å². The van der Waals surface area contributed by atoms with Gasteiger partial charge in [-0.1, -0.05) is 32.1 Å². The third-order valence-corrected chi connectivity index (χ3v) is 4.64. The predicted octanol–water partition coefficient (Wildman–Crippen LogP) is 0.796. The Morgan fingerprint density at radius 3 is 2.37 bits per heavy atom. The average molecular weight is 268 g/mol. The van der Waals surface area contributed by atoms with Crippen molar-refractivity contribution in [1.82, 2.24) is 4.90 Å². The van der Waals surface area contributed by atoms with Gasteiger partial charge in [0.1, 0.15) is 6.04 Å². The Morgan fingerprint density at radius 2 is 1.84 bits per heavy atom. The largest absolute Gasteiger partial charge is 0.394 e. The van der Waals surface area contributed by atoms with E-state index < -0.39 is 11.9 Å². The van der Waals surface area contributed by atoms with Crippen LogP contribution < -0.4 is 5.73 Å². The van der Waals surface area contributed by atoms with Gasteiger partial charge in [0.2, 0.25) is 11.8 Å². The Bertz CT molecular complexity index is 349. The van der Waals surface area contributed by atoms with Crippen molar-refractivity contribution in [2.24, 2.45) is 11.1 Å². The number of rotatable bonds is 3. The number of amides is 2. The second-order valence-corrected chi connectivity index (χ2v) is 6.07. The molecular formula is C14H24N2O3. The van der Waals surface area contributed by atoms with E-state index in [4.69, 9.17) is 5.73 Å². The van der Waals surface area contributed by atoms with E-state index in [2.05, 4.69) is 0 Å². The summed E-state index contributed by atoms with van der Waals surface area (Å²) in [4.78, 5) is 25.0. The first-order chi connectivity index (χ1) is 9.08. The molecule has 5 heteroatoms. The number of likely N-dealkylation sites (tertiary alicyclic amines) is 1. The number of nitrogens with zero attached hydrogens (tertiary/aromatic N) is 1. The van der Waals surface area contributed by atoms with E-state index in [-0.39, 0.29) is 17.9 Å². The molecule has 1 heterocycles. The maximum Gasteiger partial charge on any atom is 0.242 e. The molecular weight excluding hydrogens is 244 g/mol. The fourth-order valence-electron chi connectivity index (χ4n) is 3.54. The first kappa shape index (κ1) is 14.3. The smallest absolute Gasteiger partial charge is 0.242 e. The van der Waals surface area contributed by atoms with Crippen LogP contribution in [0.15, 0.2) is 0 Å². The first-order valence-electron chi connectivity index (χ1n) is 7.28. The van der Waals surface area contributed by atoms with Crippen LogP contribution in [0.1, 0.15) is 51.4 Å². The van der Waals surface area contributed by atoms with Crippen molar-refractivity contribution in [3.63, 3.8) is 0 Å². The van der Waals surface area contributed by atoms with Gasteiger partial charge in [-0.2, -0.15) is 0 Å². The van der Waals surface area contributed by atoms with Crippen molar-refractivity contribution in [2.45, 2.75) is 57.4 Å². The van der Waals surface area contributed by atoms with Gasteiger partial charge < -0.3 is 15.7 Å². The summed E-state index contributed by atoms with van der Waals surface area (Å²) < 4.78 is 0. The molecule has 0 aromatic carbocycles. The zero-order valence-corrected chi connectivity index (χ0v) is 11.4. The molecule has 1 saturated carbocycles. The average Bonchev–Trinajstić information content (AvgIpc) is 2.64. The van der Waals surface area contributed by atoms with E-state index in [0.717, 1.165) is 25.7 Å². The lowest BCUT2D eigenvalue weighted by Gasteiger charge is -2.32. The second-order valence-electron chi connectivity index (χ2n) is 6.07. The Hall–Kier alpha value is -1.10. The molecule has 1 spiro atoms. The summed E-state index contributed by atoms with van der Waals surface area (Å²) in [7, 11) is 0. The summed E-state index contributed by atoms with van der Waals surface area (Å²) in [5.41, 5.74) is 5.28. The summed E-state index contributed by atoms with van der Waals surface area (Å²) in [6.45, 7) is 0.206. The zero-order valence-electron chi connectivity index (χ0n) is 11.4. The Balaban J connectivity index is 2.09. The van der Waals surface area contributed by atoms with Crippen molar-refractivity contribution in [2.75, 3.05) is 13.2 Å². The summed E-state index contributed by atoms with van der Waals surface area (Å²) >= 11 is 0. The van der Waals surface area contributed by atoms with Crippen molar-refractivity contribution < 1.29 is 14.7 Å². The fourth-order valence-corrected chi connectivity index (χ4v) is 3.54. The van der Waals surface area contributed by atoms with Crippen molar-refractivity contribution in [3.05, 3.63) is 0 Å². The van der Waals surface area contributed by atoms with Crippen LogP contribution in [0.25, 0.3) is 0 Å². The van der Waals surface area contributed by atoms with Gasteiger partial charge in [-0.15, -0.1) is 0 Å². The molecule has 1 aliphatic carbocycles. The van der Waals surface area contributed by atoms with Crippen molar-refractivity contribution in [1.29, 1.82) is 0 Å². The molecule has 2 aliphatic rings. The summed E-state index contributed by atoms with van der Waals surface area (Å²) in [6.07, 6.45) is 8.66. The molecule has 0 bridgehead atoms. The van der Waals surface area contributed by atoms with E-state index in [1.165, 1.54) is 24.2 Å². The van der Waals surface area contributed by atoms with E-state index >= 15 is 0 Å². The maximum atomic E-state index is 12.2. The molecule has 0 aromatic rings. The van der Waals surface area contributed by atoms with Crippen LogP contribution in [0.4, 0.5) is 0 Å². The lowest BCUT2D eigenvalue weighted by molar-refractivity contribution is -0.137. The Labute approximate surface area is 114 Å². The number of carbonyl (C=O) groups is 2. The molecule has 2 amide bonds. The number of hydrogen-bond donors (Lipinski definition) is 2. The highest BCUT2D eigenvalue weighted by molar-refractivity contribution is 5.88. The number of nitrogens with two attached hydrogens (primary N) is 1. The van der Waals surface area contributed by atoms with Gasteiger partial charge in [-0.05, 0) is 18.3 Å². The van der Waals surface area contributed by atoms with Gasteiger partial charge in [0.25, 0.3) is 0 Å². The quantitative estimate of drug-likeness (QED) is 0.794. The SMILES string of the molecule is NC(=O)[C@H](CO)N1CC2(CCCCCCC2)CC1=O. The minimum atomic E-state index is -0.850. The fraction of sp³-hybridized carbons (Fsp3) is 0.857. The summed E-state index contributed by atoms with van der Waals surface area (Å²) in [5.74, 6) is -0.642.